The fourth-order valence-electron chi connectivity index (χ4n) is 7.63. The first-order chi connectivity index (χ1) is 19.9. The van der Waals surface area contributed by atoms with Crippen molar-refractivity contribution < 1.29 is 24.2 Å². The van der Waals surface area contributed by atoms with Crippen LogP contribution < -0.4 is 4.74 Å². The molecule has 7 heteroatoms. The minimum atomic E-state index is -0.274. The van der Waals surface area contributed by atoms with E-state index < -0.39 is 0 Å². The second kappa shape index (κ2) is 11.9. The lowest BCUT2D eigenvalue weighted by Gasteiger charge is -2.31. The molecule has 6 rings (SSSR count). The predicted molar refractivity (Wildman–Crippen MR) is 167 cm³/mol. The smallest absolute Gasteiger partial charge is 0.234 e. The molecule has 0 aromatic heterocycles. The number of carbonyl (C=O) groups is 2. The van der Waals surface area contributed by atoms with Crippen LogP contribution in [0.15, 0.2) is 53.6 Å². The summed E-state index contributed by atoms with van der Waals surface area (Å²) in [6, 6.07) is 14.2. The molecule has 0 bridgehead atoms. The summed E-state index contributed by atoms with van der Waals surface area (Å²) >= 11 is 2.13. The van der Waals surface area contributed by atoms with Crippen molar-refractivity contribution in [2.45, 2.75) is 70.4 Å². The molecule has 1 N–H and O–H groups in total. The summed E-state index contributed by atoms with van der Waals surface area (Å²) in [5.41, 5.74) is 5.75. The Hall–Kier alpha value is -2.65. The number of likely N-dealkylation sites (tertiary alicyclic amines) is 1. The number of benzene rings is 2. The summed E-state index contributed by atoms with van der Waals surface area (Å²) in [5, 5.41) is 10.3. The summed E-state index contributed by atoms with van der Waals surface area (Å²) in [5.74, 6) is 0.200. The van der Waals surface area contributed by atoms with E-state index in [0.717, 1.165) is 53.2 Å². The van der Waals surface area contributed by atoms with Crippen LogP contribution >= 0.6 is 22.6 Å². The van der Waals surface area contributed by atoms with Gasteiger partial charge < -0.3 is 14.6 Å². The monoisotopic (exact) mass is 667 g/mol. The minimum Gasteiger partial charge on any atom is -0.504 e. The van der Waals surface area contributed by atoms with E-state index in [9.17, 15) is 14.7 Å². The molecule has 0 spiro atoms. The van der Waals surface area contributed by atoms with E-state index in [2.05, 4.69) is 47.7 Å². The maximum Gasteiger partial charge on any atom is 0.234 e. The molecule has 4 atom stereocenters. The fourth-order valence-corrected chi connectivity index (χ4v) is 8.25. The van der Waals surface area contributed by atoms with Crippen molar-refractivity contribution in [2.24, 2.45) is 17.8 Å². The molecule has 2 aromatic rings. The first-order valence-corrected chi connectivity index (χ1v) is 16.0. The Morgan fingerprint density at radius 1 is 1.10 bits per heavy atom. The van der Waals surface area contributed by atoms with Gasteiger partial charge in [-0.25, -0.2) is 0 Å². The molecule has 2 saturated heterocycles. The summed E-state index contributed by atoms with van der Waals surface area (Å²) < 4.78 is 12.6. The number of fused-ring (bicyclic) bond motifs is 3. The molecule has 2 amide bonds. The van der Waals surface area contributed by atoms with E-state index in [1.54, 1.807) is 12.0 Å². The highest BCUT2D eigenvalue weighted by atomic mass is 127. The Bertz CT molecular complexity index is 1390. The van der Waals surface area contributed by atoms with Crippen LogP contribution in [0.4, 0.5) is 0 Å². The summed E-state index contributed by atoms with van der Waals surface area (Å²) in [6.07, 6.45) is 9.62. The summed E-state index contributed by atoms with van der Waals surface area (Å²) in [7, 11) is 1.56. The lowest BCUT2D eigenvalue weighted by molar-refractivity contribution is -0.143. The van der Waals surface area contributed by atoms with Crippen LogP contribution in [0.5, 0.6) is 11.5 Å². The SMILES string of the molecule is COc1cc(/C=C(/CC[C@H]2OC[C@H]3C2=C(C)C[C@H]2C(=O)N(C4CCCCC4)C(=O)[C@H]23)c2ccccc2)cc(I)c1O. The van der Waals surface area contributed by atoms with Gasteiger partial charge in [-0.05, 0) is 96.0 Å². The lowest BCUT2D eigenvalue weighted by Crippen LogP contribution is -2.42. The number of ether oxygens (including phenoxy) is 2. The third-order valence-electron chi connectivity index (χ3n) is 9.56. The molecular formula is C34H38INO5. The molecule has 1 saturated carbocycles. The molecule has 6 nitrogen and oxygen atoms in total. The molecule has 2 aromatic carbocycles. The van der Waals surface area contributed by atoms with Crippen LogP contribution in [0.1, 0.15) is 69.4 Å². The van der Waals surface area contributed by atoms with Crippen LogP contribution in [0, 0.1) is 21.3 Å². The number of rotatable bonds is 7. The average molecular weight is 668 g/mol. The molecule has 4 aliphatic rings. The van der Waals surface area contributed by atoms with Gasteiger partial charge in [0.1, 0.15) is 0 Å². The van der Waals surface area contributed by atoms with Gasteiger partial charge in [0.15, 0.2) is 11.5 Å². The van der Waals surface area contributed by atoms with Crippen LogP contribution in [-0.4, -0.2) is 47.7 Å². The lowest BCUT2D eigenvalue weighted by atomic mass is 9.70. The van der Waals surface area contributed by atoms with E-state index in [1.165, 1.54) is 23.1 Å². The molecule has 0 unspecified atom stereocenters. The van der Waals surface area contributed by atoms with Crippen molar-refractivity contribution in [3.63, 3.8) is 0 Å². The number of nitrogens with zero attached hydrogens (tertiary/aromatic N) is 1. The normalized spacial score (nSPS) is 26.9. The number of carbonyl (C=O) groups excluding carboxylic acids is 2. The zero-order valence-electron chi connectivity index (χ0n) is 23.8. The highest BCUT2D eigenvalue weighted by molar-refractivity contribution is 14.1. The number of methoxy groups -OCH3 is 1. The van der Waals surface area contributed by atoms with Gasteiger partial charge in [-0.3, -0.25) is 14.5 Å². The molecule has 2 heterocycles. The summed E-state index contributed by atoms with van der Waals surface area (Å²) in [4.78, 5) is 28.9. The topological polar surface area (TPSA) is 76.1 Å². The molecule has 2 aliphatic heterocycles. The van der Waals surface area contributed by atoms with Gasteiger partial charge in [-0.2, -0.15) is 0 Å². The number of aromatic hydroxyl groups is 1. The third-order valence-corrected chi connectivity index (χ3v) is 10.4. The number of hydrogen-bond donors (Lipinski definition) is 1. The van der Waals surface area contributed by atoms with Crippen molar-refractivity contribution in [1.29, 1.82) is 0 Å². The second-order valence-corrected chi connectivity index (χ2v) is 13.1. The number of imide groups is 1. The van der Waals surface area contributed by atoms with Crippen LogP contribution in [-0.2, 0) is 14.3 Å². The van der Waals surface area contributed by atoms with Crippen molar-refractivity contribution in [1.82, 2.24) is 4.90 Å². The quantitative estimate of drug-likeness (QED) is 0.149. The number of allylic oxidation sites excluding steroid dienone is 2. The number of phenolic OH excluding ortho intramolecular Hbond substituents is 1. The maximum absolute atomic E-state index is 13.8. The van der Waals surface area contributed by atoms with E-state index in [1.807, 2.05) is 30.3 Å². The highest BCUT2D eigenvalue weighted by Gasteiger charge is 2.57. The van der Waals surface area contributed by atoms with Crippen LogP contribution in [0.3, 0.4) is 0 Å². The van der Waals surface area contributed by atoms with Gasteiger partial charge in [0.05, 0.1) is 35.2 Å². The van der Waals surface area contributed by atoms with E-state index >= 15 is 0 Å². The van der Waals surface area contributed by atoms with E-state index in [4.69, 9.17) is 9.47 Å². The largest absolute Gasteiger partial charge is 0.504 e. The average Bonchev–Trinajstić information content (AvgIpc) is 3.52. The first kappa shape index (κ1) is 28.5. The summed E-state index contributed by atoms with van der Waals surface area (Å²) in [6.45, 7) is 2.65. The fraction of sp³-hybridized carbons (Fsp3) is 0.471. The Morgan fingerprint density at radius 2 is 1.85 bits per heavy atom. The number of halogens is 1. The molecule has 216 valence electrons. The minimum absolute atomic E-state index is 0.00381. The predicted octanol–water partition coefficient (Wildman–Crippen LogP) is 7.00. The Labute approximate surface area is 255 Å². The Balaban J connectivity index is 1.24. The van der Waals surface area contributed by atoms with Crippen molar-refractivity contribution in [2.75, 3.05) is 13.7 Å². The van der Waals surface area contributed by atoms with Crippen molar-refractivity contribution in [3.05, 3.63) is 68.3 Å². The van der Waals surface area contributed by atoms with Crippen LogP contribution in [0.25, 0.3) is 11.6 Å². The molecule has 2 aliphatic carbocycles. The number of hydrogen-bond acceptors (Lipinski definition) is 5. The van der Waals surface area contributed by atoms with E-state index in [-0.39, 0.29) is 47.5 Å². The zero-order valence-corrected chi connectivity index (χ0v) is 25.9. The number of amides is 2. The third kappa shape index (κ3) is 5.36. The molecular weight excluding hydrogens is 629 g/mol. The number of phenols is 1. The molecule has 41 heavy (non-hydrogen) atoms. The van der Waals surface area contributed by atoms with E-state index in [0.29, 0.717) is 18.8 Å². The van der Waals surface area contributed by atoms with Gasteiger partial charge in [0, 0.05) is 12.0 Å². The Morgan fingerprint density at radius 3 is 2.59 bits per heavy atom. The molecule has 3 fully saturated rings. The highest BCUT2D eigenvalue weighted by Crippen LogP contribution is 2.51. The Kier molecular flexibility index (Phi) is 8.28. The van der Waals surface area contributed by atoms with Gasteiger partial charge in [-0.15, -0.1) is 0 Å². The molecule has 0 radical (unpaired) electrons. The first-order valence-electron chi connectivity index (χ1n) is 14.9. The second-order valence-electron chi connectivity index (χ2n) is 12.0. The zero-order chi connectivity index (χ0) is 28.7. The van der Waals surface area contributed by atoms with Crippen LogP contribution in [0.2, 0.25) is 0 Å². The maximum atomic E-state index is 13.8. The van der Waals surface area contributed by atoms with Gasteiger partial charge >= 0.3 is 0 Å². The van der Waals surface area contributed by atoms with Gasteiger partial charge in [-0.1, -0.05) is 61.2 Å². The standard InChI is InChI=1S/C34H38INO5/c1-20-15-25-31(34(39)36(33(25)38)24-11-7-4-8-12-24)26-19-41-28(30(20)26)14-13-23(22-9-5-3-6-10-22)16-21-17-27(35)32(37)29(18-21)40-2/h3,5-6,9-10,16-18,24-26,28,31,37H,4,7-8,11-15,19H2,1-2H3/b23-16-/t25-,26+,28-,31-/m1/s1. The van der Waals surface area contributed by atoms with Crippen molar-refractivity contribution >= 4 is 46.1 Å². The van der Waals surface area contributed by atoms with Gasteiger partial charge in [0.2, 0.25) is 11.8 Å². The van der Waals surface area contributed by atoms with Gasteiger partial charge in [0.25, 0.3) is 0 Å². The van der Waals surface area contributed by atoms with Crippen molar-refractivity contribution in [3.8, 4) is 11.5 Å².